The van der Waals surface area contributed by atoms with E-state index in [-0.39, 0.29) is 0 Å². The van der Waals surface area contributed by atoms with Crippen LogP contribution >= 0.6 is 0 Å². The molecule has 0 aliphatic rings. The first-order valence-corrected chi connectivity index (χ1v) is 3.88. The molecule has 2 rings (SSSR count). The van der Waals surface area contributed by atoms with E-state index in [2.05, 4.69) is 34.4 Å². The molecular formula is C8H6NSe-. The van der Waals surface area contributed by atoms with Crippen LogP contribution in [0.25, 0.3) is 10.9 Å². The molecule has 10 heavy (non-hydrogen) atoms. The van der Waals surface area contributed by atoms with Crippen molar-refractivity contribution in [1.29, 1.82) is 0 Å². The molecule has 0 aliphatic heterocycles. The van der Waals surface area contributed by atoms with Crippen molar-refractivity contribution in [2.24, 2.45) is 0 Å². The Labute approximate surface area is 67.7 Å². The molecule has 1 nitrogen and oxygen atoms in total. The van der Waals surface area contributed by atoms with E-state index in [4.69, 9.17) is 0 Å². The zero-order valence-electron chi connectivity index (χ0n) is 5.32. The van der Waals surface area contributed by atoms with Gasteiger partial charge in [-0.25, -0.2) is 0 Å². The van der Waals surface area contributed by atoms with Gasteiger partial charge < -0.3 is 0 Å². The van der Waals surface area contributed by atoms with Crippen LogP contribution in [-0.2, 0) is 0 Å². The number of fused-ring (bicyclic) bond motifs is 1. The molecule has 1 heterocycles. The molecule has 50 valence electrons. The van der Waals surface area contributed by atoms with Gasteiger partial charge in [-0.1, -0.05) is 0 Å². The first-order valence-electron chi connectivity index (χ1n) is 3.11. The number of rotatable bonds is 0. The molecule has 0 radical (unpaired) electrons. The zero-order chi connectivity index (χ0) is 6.97. The summed E-state index contributed by atoms with van der Waals surface area (Å²) in [6, 6.07) is 10.4. The van der Waals surface area contributed by atoms with Gasteiger partial charge in [-0.2, -0.15) is 0 Å². The van der Waals surface area contributed by atoms with E-state index >= 15 is 0 Å². The maximum atomic E-state index is 2.94. The molecule has 1 aromatic heterocycles. The van der Waals surface area contributed by atoms with E-state index in [0.717, 1.165) is 0 Å². The number of nitrogens with zero attached hydrogens (tertiary/aromatic N) is 1. The van der Waals surface area contributed by atoms with Gasteiger partial charge in [0.05, 0.1) is 0 Å². The predicted octanol–water partition coefficient (Wildman–Crippen LogP) is 1.57. The number of benzene rings is 1. The van der Waals surface area contributed by atoms with Crippen LogP contribution in [0, 0.1) is 0 Å². The molecule has 0 unspecified atom stereocenters. The third-order valence-corrected chi connectivity index (χ3v) is 2.23. The molecule has 0 atom stereocenters. The van der Waals surface area contributed by atoms with Gasteiger partial charge in [-0.3, -0.25) is 0 Å². The molecule has 0 spiro atoms. The molecule has 0 amide bonds. The van der Waals surface area contributed by atoms with Crippen molar-refractivity contribution in [1.82, 2.24) is 3.58 Å². The first-order chi connectivity index (χ1) is 4.88. The average molecular weight is 195 g/mol. The Kier molecular flexibility index (Phi) is 1.30. The fourth-order valence-electron chi connectivity index (χ4n) is 1.06. The van der Waals surface area contributed by atoms with Crippen LogP contribution in [0.5, 0.6) is 0 Å². The molecule has 0 saturated heterocycles. The molecular weight excluding hydrogens is 189 g/mol. The van der Waals surface area contributed by atoms with Crippen molar-refractivity contribution in [3.8, 4) is 0 Å². The molecule has 1 aromatic carbocycles. The Hall–Kier alpha value is -0.721. The summed E-state index contributed by atoms with van der Waals surface area (Å²) in [5.74, 6) is 0. The Bertz CT molecular complexity index is 351. The fraction of sp³-hybridized carbons (Fsp3) is 0. The Balaban J connectivity index is 2.93. The van der Waals surface area contributed by atoms with Crippen LogP contribution in [-0.4, -0.2) is 19.8 Å². The van der Waals surface area contributed by atoms with Crippen molar-refractivity contribution < 1.29 is 0 Å². The average Bonchev–Trinajstić information content (AvgIpc) is 2.34. The summed E-state index contributed by atoms with van der Waals surface area (Å²) in [5, 5.41) is 1.28. The SMILES string of the molecule is [Se-]n1ccc2ccccc21. The molecule has 2 aromatic rings. The molecule has 0 fully saturated rings. The van der Waals surface area contributed by atoms with Crippen molar-refractivity contribution in [3.05, 3.63) is 36.5 Å². The standard InChI is InChI=1S/C8H6NSe/c10-9-6-5-7-3-1-2-4-8(7)9/h1-6H/q-1. The van der Waals surface area contributed by atoms with Crippen LogP contribution < -0.4 is 0 Å². The second-order valence-electron chi connectivity index (χ2n) is 2.20. The quantitative estimate of drug-likeness (QED) is 0.562. The third kappa shape index (κ3) is 0.772. The Morgan fingerprint density at radius 2 is 1.90 bits per heavy atom. The third-order valence-electron chi connectivity index (χ3n) is 1.56. The van der Waals surface area contributed by atoms with Gasteiger partial charge in [-0.05, 0) is 0 Å². The van der Waals surface area contributed by atoms with Crippen molar-refractivity contribution >= 4 is 27.1 Å². The van der Waals surface area contributed by atoms with Gasteiger partial charge in [0.25, 0.3) is 0 Å². The van der Waals surface area contributed by atoms with Gasteiger partial charge in [0.2, 0.25) is 0 Å². The van der Waals surface area contributed by atoms with Crippen LogP contribution in [0.2, 0.25) is 0 Å². The van der Waals surface area contributed by atoms with Crippen molar-refractivity contribution in [2.45, 2.75) is 0 Å². The van der Waals surface area contributed by atoms with Crippen LogP contribution in [0.15, 0.2) is 36.5 Å². The molecule has 0 saturated carbocycles. The first kappa shape index (κ1) is 6.02. The summed E-state index contributed by atoms with van der Waals surface area (Å²) in [6.07, 6.45) is 2.02. The molecule has 0 aliphatic carbocycles. The number of aromatic nitrogens is 1. The van der Waals surface area contributed by atoms with Crippen LogP contribution in [0.4, 0.5) is 0 Å². The minimum atomic E-state index is 1.24. The Morgan fingerprint density at radius 1 is 1.10 bits per heavy atom. The number of hydrogen-bond acceptors (Lipinski definition) is 0. The van der Waals surface area contributed by atoms with E-state index in [1.807, 2.05) is 21.9 Å². The summed E-state index contributed by atoms with van der Waals surface area (Å²) < 4.78 is 2.00. The monoisotopic (exact) mass is 196 g/mol. The van der Waals surface area contributed by atoms with Gasteiger partial charge >= 0.3 is 67.2 Å². The van der Waals surface area contributed by atoms with Gasteiger partial charge in [-0.15, -0.1) is 0 Å². The minimum absolute atomic E-state index is 1.24. The van der Waals surface area contributed by atoms with E-state index in [0.29, 0.717) is 0 Å². The van der Waals surface area contributed by atoms with E-state index < -0.39 is 0 Å². The fourth-order valence-corrected chi connectivity index (χ4v) is 1.53. The summed E-state index contributed by atoms with van der Waals surface area (Å²) in [7, 11) is 0. The van der Waals surface area contributed by atoms with E-state index in [1.165, 1.54) is 10.9 Å². The van der Waals surface area contributed by atoms with Gasteiger partial charge in [0.1, 0.15) is 0 Å². The van der Waals surface area contributed by atoms with Gasteiger partial charge in [0, 0.05) is 0 Å². The number of hydrogen-bond donors (Lipinski definition) is 0. The maximum absolute atomic E-state index is 2.94. The van der Waals surface area contributed by atoms with Crippen molar-refractivity contribution in [3.63, 3.8) is 0 Å². The molecule has 0 bridgehead atoms. The number of para-hydroxylation sites is 1. The Morgan fingerprint density at radius 3 is 2.70 bits per heavy atom. The van der Waals surface area contributed by atoms with Gasteiger partial charge in [0.15, 0.2) is 0 Å². The topological polar surface area (TPSA) is 4.93 Å². The molecule has 0 N–H and O–H groups in total. The predicted molar refractivity (Wildman–Crippen MR) is 43.1 cm³/mol. The summed E-state index contributed by atoms with van der Waals surface area (Å²) in [4.78, 5) is 0. The van der Waals surface area contributed by atoms with E-state index in [9.17, 15) is 0 Å². The van der Waals surface area contributed by atoms with Crippen molar-refractivity contribution in [2.75, 3.05) is 0 Å². The summed E-state index contributed by atoms with van der Waals surface area (Å²) >= 11 is 2.94. The zero-order valence-corrected chi connectivity index (χ0v) is 7.03. The van der Waals surface area contributed by atoms with E-state index in [1.54, 1.807) is 0 Å². The second-order valence-corrected chi connectivity index (χ2v) is 3.03. The summed E-state index contributed by atoms with van der Waals surface area (Å²) in [6.45, 7) is 0. The van der Waals surface area contributed by atoms with Crippen LogP contribution in [0.3, 0.4) is 0 Å². The normalized spacial score (nSPS) is 10.4. The second kappa shape index (κ2) is 2.15. The summed E-state index contributed by atoms with van der Waals surface area (Å²) in [5.41, 5.74) is 1.24. The molecule has 2 heteroatoms. The van der Waals surface area contributed by atoms with Crippen LogP contribution in [0.1, 0.15) is 0 Å².